The summed E-state index contributed by atoms with van der Waals surface area (Å²) in [4.78, 5) is 22.3. The molecule has 0 aliphatic carbocycles. The molecule has 0 saturated carbocycles. The third-order valence-corrected chi connectivity index (χ3v) is 2.96. The van der Waals surface area contributed by atoms with Crippen LogP contribution in [0.3, 0.4) is 0 Å². The Labute approximate surface area is 126 Å². The van der Waals surface area contributed by atoms with Crippen LogP contribution in [0.2, 0.25) is 0 Å². The number of carbonyl (C=O) groups is 2. The van der Waals surface area contributed by atoms with Crippen molar-refractivity contribution >= 4 is 12.4 Å². The van der Waals surface area contributed by atoms with Crippen LogP contribution in [0.25, 0.3) is 0 Å². The molecule has 1 amide bonds. The number of hydrogen-bond acceptors (Lipinski definition) is 3. The predicted molar refractivity (Wildman–Crippen MR) is 83.1 cm³/mol. The number of ether oxygens (including phenoxy) is 1. The van der Waals surface area contributed by atoms with Gasteiger partial charge in [-0.25, -0.2) is 4.79 Å². The minimum atomic E-state index is -0.511. The van der Waals surface area contributed by atoms with E-state index in [1.54, 1.807) is 0 Å². The van der Waals surface area contributed by atoms with Crippen LogP contribution in [0.5, 0.6) is 0 Å². The Balaban J connectivity index is 2.64. The van der Waals surface area contributed by atoms with Gasteiger partial charge in [-0.3, -0.25) is 0 Å². The number of benzene rings is 1. The monoisotopic (exact) mass is 291 g/mol. The molecule has 1 rings (SSSR count). The van der Waals surface area contributed by atoms with Gasteiger partial charge in [-0.05, 0) is 39.2 Å². The molecule has 4 heteroatoms. The van der Waals surface area contributed by atoms with Crippen molar-refractivity contribution in [1.29, 1.82) is 0 Å². The summed E-state index contributed by atoms with van der Waals surface area (Å²) >= 11 is 0. The maximum absolute atomic E-state index is 11.9. The zero-order chi connectivity index (χ0) is 15.7. The fourth-order valence-corrected chi connectivity index (χ4v) is 2.03. The third kappa shape index (κ3) is 7.49. The number of nitrogens with one attached hydrogen (secondary N) is 1. The van der Waals surface area contributed by atoms with Crippen LogP contribution in [0.1, 0.15) is 58.1 Å². The van der Waals surface area contributed by atoms with E-state index < -0.39 is 11.7 Å². The van der Waals surface area contributed by atoms with Gasteiger partial charge in [0.2, 0.25) is 0 Å². The van der Waals surface area contributed by atoms with Gasteiger partial charge in [0.1, 0.15) is 11.9 Å². The van der Waals surface area contributed by atoms with Gasteiger partial charge in [-0.15, -0.1) is 0 Å². The van der Waals surface area contributed by atoms with Gasteiger partial charge in [0, 0.05) is 6.42 Å². The molecule has 0 aromatic heterocycles. The lowest BCUT2D eigenvalue weighted by Gasteiger charge is -2.24. The first-order chi connectivity index (χ1) is 9.92. The normalized spacial score (nSPS) is 12.5. The maximum Gasteiger partial charge on any atom is 0.408 e. The highest BCUT2D eigenvalue weighted by molar-refractivity contribution is 5.68. The second-order valence-corrected chi connectivity index (χ2v) is 6.06. The number of unbranched alkanes of at least 4 members (excludes halogenated alkanes) is 2. The van der Waals surface area contributed by atoms with Crippen molar-refractivity contribution in [1.82, 2.24) is 5.32 Å². The van der Waals surface area contributed by atoms with Crippen LogP contribution in [0, 0.1) is 0 Å². The van der Waals surface area contributed by atoms with Crippen molar-refractivity contribution in [2.75, 3.05) is 0 Å². The second-order valence-electron chi connectivity index (χ2n) is 6.06. The third-order valence-electron chi connectivity index (χ3n) is 2.96. The molecule has 0 aliphatic rings. The van der Waals surface area contributed by atoms with Crippen LogP contribution in [-0.2, 0) is 9.53 Å². The summed E-state index contributed by atoms with van der Waals surface area (Å²) in [6.45, 7) is 5.52. The topological polar surface area (TPSA) is 55.4 Å². The molecule has 0 saturated heterocycles. The van der Waals surface area contributed by atoms with E-state index in [1.165, 1.54) is 0 Å². The summed E-state index contributed by atoms with van der Waals surface area (Å²) in [5.41, 5.74) is 0.539. The van der Waals surface area contributed by atoms with Crippen LogP contribution in [0.15, 0.2) is 30.3 Å². The number of carbonyl (C=O) groups excluding carboxylic acids is 2. The van der Waals surface area contributed by atoms with Gasteiger partial charge in [0.15, 0.2) is 0 Å². The Morgan fingerprint density at radius 1 is 1.24 bits per heavy atom. The van der Waals surface area contributed by atoms with Crippen LogP contribution in [0.4, 0.5) is 4.79 Å². The molecular formula is C17H25NO3. The lowest BCUT2D eigenvalue weighted by Crippen LogP contribution is -2.35. The van der Waals surface area contributed by atoms with Gasteiger partial charge in [0.25, 0.3) is 0 Å². The minimum absolute atomic E-state index is 0.0901. The average Bonchev–Trinajstić information content (AvgIpc) is 2.41. The predicted octanol–water partition coefficient (Wildman–Crippen LogP) is 4.01. The zero-order valence-electron chi connectivity index (χ0n) is 13.1. The van der Waals surface area contributed by atoms with Gasteiger partial charge in [-0.1, -0.05) is 36.8 Å². The molecule has 1 atom stereocenters. The van der Waals surface area contributed by atoms with Crippen LogP contribution in [-0.4, -0.2) is 18.0 Å². The van der Waals surface area contributed by atoms with Crippen molar-refractivity contribution in [3.63, 3.8) is 0 Å². The highest BCUT2D eigenvalue weighted by Crippen LogP contribution is 2.20. The molecule has 0 heterocycles. The van der Waals surface area contributed by atoms with Crippen molar-refractivity contribution in [2.45, 2.75) is 58.1 Å². The number of aldehydes is 1. The maximum atomic E-state index is 11.9. The number of alkyl carbamates (subject to hydrolysis) is 1. The second kappa shape index (κ2) is 8.45. The van der Waals surface area contributed by atoms with Crippen molar-refractivity contribution in [3.05, 3.63) is 35.9 Å². The Bertz CT molecular complexity index is 437. The van der Waals surface area contributed by atoms with E-state index in [-0.39, 0.29) is 6.04 Å². The number of rotatable bonds is 7. The first-order valence-corrected chi connectivity index (χ1v) is 7.40. The summed E-state index contributed by atoms with van der Waals surface area (Å²) in [5.74, 6) is 0. The van der Waals surface area contributed by atoms with E-state index in [0.29, 0.717) is 6.42 Å². The summed E-state index contributed by atoms with van der Waals surface area (Å²) in [7, 11) is 0. The SMILES string of the molecule is CC(C)(C)OC(=O)NC(CCCCC=O)c1ccccc1. The molecule has 1 N–H and O–H groups in total. The minimum Gasteiger partial charge on any atom is -0.444 e. The average molecular weight is 291 g/mol. The molecule has 0 bridgehead atoms. The molecule has 21 heavy (non-hydrogen) atoms. The van der Waals surface area contributed by atoms with Gasteiger partial charge >= 0.3 is 6.09 Å². The van der Waals surface area contributed by atoms with Crippen LogP contribution >= 0.6 is 0 Å². The van der Waals surface area contributed by atoms with Gasteiger partial charge in [0.05, 0.1) is 6.04 Å². The molecule has 1 aromatic carbocycles. The molecule has 0 spiro atoms. The summed E-state index contributed by atoms with van der Waals surface area (Å²) in [6.07, 6.45) is 3.59. The Morgan fingerprint density at radius 2 is 1.90 bits per heavy atom. The van der Waals surface area contributed by atoms with E-state index in [1.807, 2.05) is 51.1 Å². The molecule has 0 aliphatic heterocycles. The highest BCUT2D eigenvalue weighted by Gasteiger charge is 2.20. The fraction of sp³-hybridized carbons (Fsp3) is 0.529. The highest BCUT2D eigenvalue weighted by atomic mass is 16.6. The fourth-order valence-electron chi connectivity index (χ4n) is 2.03. The molecule has 116 valence electrons. The van der Waals surface area contributed by atoms with Crippen molar-refractivity contribution < 1.29 is 14.3 Å². The summed E-state index contributed by atoms with van der Waals surface area (Å²) in [6, 6.07) is 9.73. The van der Waals surface area contributed by atoms with E-state index in [4.69, 9.17) is 4.74 Å². The zero-order valence-corrected chi connectivity index (χ0v) is 13.1. The lowest BCUT2D eigenvalue weighted by atomic mass is 10.0. The first-order valence-electron chi connectivity index (χ1n) is 7.40. The van der Waals surface area contributed by atoms with Gasteiger partial charge in [-0.2, -0.15) is 0 Å². The van der Waals surface area contributed by atoms with E-state index in [0.717, 1.165) is 31.1 Å². The van der Waals surface area contributed by atoms with E-state index in [9.17, 15) is 9.59 Å². The Morgan fingerprint density at radius 3 is 2.48 bits per heavy atom. The summed E-state index contributed by atoms with van der Waals surface area (Å²) < 4.78 is 5.31. The molecule has 1 aromatic rings. The summed E-state index contributed by atoms with van der Waals surface area (Å²) in [5, 5.41) is 2.92. The lowest BCUT2D eigenvalue weighted by molar-refractivity contribution is -0.107. The smallest absolute Gasteiger partial charge is 0.408 e. The van der Waals surface area contributed by atoms with Crippen molar-refractivity contribution in [3.8, 4) is 0 Å². The Hall–Kier alpha value is -1.84. The molecular weight excluding hydrogens is 266 g/mol. The first kappa shape index (κ1) is 17.2. The Kier molecular flexibility index (Phi) is 6.92. The number of amides is 1. The largest absolute Gasteiger partial charge is 0.444 e. The van der Waals surface area contributed by atoms with E-state index in [2.05, 4.69) is 5.32 Å². The van der Waals surface area contributed by atoms with Gasteiger partial charge < -0.3 is 14.8 Å². The quantitative estimate of drug-likeness (QED) is 0.610. The van der Waals surface area contributed by atoms with E-state index >= 15 is 0 Å². The molecule has 0 radical (unpaired) electrons. The standard InChI is InChI=1S/C17H25NO3/c1-17(2,3)21-16(20)18-15(12-8-5-9-13-19)14-10-6-4-7-11-14/h4,6-7,10-11,13,15H,5,8-9,12H2,1-3H3,(H,18,20). The van der Waals surface area contributed by atoms with Crippen LogP contribution < -0.4 is 5.32 Å². The van der Waals surface area contributed by atoms with Crippen molar-refractivity contribution in [2.24, 2.45) is 0 Å². The number of hydrogen-bond donors (Lipinski definition) is 1. The molecule has 1 unspecified atom stereocenters. The molecule has 4 nitrogen and oxygen atoms in total. The molecule has 0 fully saturated rings.